The molecule has 0 aromatic carbocycles. The molecule has 2 nitrogen and oxygen atoms in total. The third-order valence-corrected chi connectivity index (χ3v) is 4.36. The van der Waals surface area contributed by atoms with Crippen LogP contribution in [0.25, 0.3) is 0 Å². The van der Waals surface area contributed by atoms with E-state index in [-0.39, 0.29) is 0 Å². The van der Waals surface area contributed by atoms with E-state index >= 15 is 0 Å². The van der Waals surface area contributed by atoms with Gasteiger partial charge in [-0.1, -0.05) is 13.0 Å². The minimum absolute atomic E-state index is 0.581. The Morgan fingerprint density at radius 3 is 3.20 bits per heavy atom. The highest BCUT2D eigenvalue weighted by atomic mass is 32.1. The van der Waals surface area contributed by atoms with Crippen LogP contribution in [0.5, 0.6) is 0 Å². The SMILES string of the molecule is CCC1CNCCN1C(C)c1cccs1. The highest BCUT2D eigenvalue weighted by Gasteiger charge is 2.25. The van der Waals surface area contributed by atoms with Gasteiger partial charge in [-0.25, -0.2) is 0 Å². The van der Waals surface area contributed by atoms with Gasteiger partial charge >= 0.3 is 0 Å². The molecule has 0 bridgehead atoms. The molecular weight excluding hydrogens is 204 g/mol. The van der Waals surface area contributed by atoms with E-state index < -0.39 is 0 Å². The Morgan fingerprint density at radius 2 is 2.53 bits per heavy atom. The molecule has 1 aliphatic rings. The van der Waals surface area contributed by atoms with Crippen LogP contribution in [0.2, 0.25) is 0 Å². The first kappa shape index (κ1) is 11.1. The Balaban J connectivity index is 2.07. The summed E-state index contributed by atoms with van der Waals surface area (Å²) in [6.45, 7) is 8.07. The highest BCUT2D eigenvalue weighted by Crippen LogP contribution is 2.27. The van der Waals surface area contributed by atoms with Crippen LogP contribution in [0, 0.1) is 0 Å². The lowest BCUT2D eigenvalue weighted by Crippen LogP contribution is -2.51. The van der Waals surface area contributed by atoms with Gasteiger partial charge in [0.1, 0.15) is 0 Å². The fraction of sp³-hybridized carbons (Fsp3) is 0.667. The first-order valence-corrected chi connectivity index (χ1v) is 6.70. The summed E-state index contributed by atoms with van der Waals surface area (Å²) >= 11 is 1.88. The lowest BCUT2D eigenvalue weighted by atomic mass is 10.1. The molecule has 84 valence electrons. The summed E-state index contributed by atoms with van der Waals surface area (Å²) in [6, 6.07) is 5.69. The number of hydrogen-bond donors (Lipinski definition) is 1. The third-order valence-electron chi connectivity index (χ3n) is 3.32. The molecule has 0 spiro atoms. The van der Waals surface area contributed by atoms with Crippen molar-refractivity contribution in [2.45, 2.75) is 32.4 Å². The van der Waals surface area contributed by atoms with Gasteiger partial charge in [0.05, 0.1) is 0 Å². The van der Waals surface area contributed by atoms with E-state index in [0.717, 1.165) is 13.1 Å². The molecule has 0 saturated carbocycles. The lowest BCUT2D eigenvalue weighted by molar-refractivity contribution is 0.113. The van der Waals surface area contributed by atoms with Crippen LogP contribution in [-0.4, -0.2) is 30.6 Å². The first-order valence-electron chi connectivity index (χ1n) is 5.82. The van der Waals surface area contributed by atoms with Crippen LogP contribution < -0.4 is 5.32 Å². The second-order valence-corrected chi connectivity index (χ2v) is 5.17. The van der Waals surface area contributed by atoms with E-state index in [1.807, 2.05) is 11.3 Å². The standard InChI is InChI=1S/C12H20N2S/c1-3-11-9-13-6-7-14(11)10(2)12-5-4-8-15-12/h4-5,8,10-11,13H,3,6-7,9H2,1-2H3. The number of hydrogen-bond acceptors (Lipinski definition) is 3. The monoisotopic (exact) mass is 224 g/mol. The van der Waals surface area contributed by atoms with Crippen molar-refractivity contribution in [2.24, 2.45) is 0 Å². The molecule has 3 heteroatoms. The average molecular weight is 224 g/mol. The topological polar surface area (TPSA) is 15.3 Å². The van der Waals surface area contributed by atoms with Crippen LogP contribution in [-0.2, 0) is 0 Å². The molecular formula is C12H20N2S. The Morgan fingerprint density at radius 1 is 1.67 bits per heavy atom. The number of thiophene rings is 1. The van der Waals surface area contributed by atoms with Crippen LogP contribution in [0.15, 0.2) is 17.5 Å². The minimum Gasteiger partial charge on any atom is -0.314 e. The van der Waals surface area contributed by atoms with Gasteiger partial charge in [-0.2, -0.15) is 0 Å². The quantitative estimate of drug-likeness (QED) is 0.848. The highest BCUT2D eigenvalue weighted by molar-refractivity contribution is 7.10. The maximum atomic E-state index is 3.48. The molecule has 1 aliphatic heterocycles. The number of piperazine rings is 1. The lowest BCUT2D eigenvalue weighted by Gasteiger charge is -2.39. The normalized spacial score (nSPS) is 25.3. The summed E-state index contributed by atoms with van der Waals surface area (Å²) in [5.74, 6) is 0. The van der Waals surface area contributed by atoms with Gasteiger partial charge in [0.2, 0.25) is 0 Å². The Hall–Kier alpha value is -0.380. The second-order valence-electron chi connectivity index (χ2n) is 4.20. The zero-order chi connectivity index (χ0) is 10.7. The molecule has 2 heterocycles. The summed E-state index contributed by atoms with van der Waals surface area (Å²) in [5.41, 5.74) is 0. The number of nitrogens with one attached hydrogen (secondary N) is 1. The maximum absolute atomic E-state index is 3.48. The molecule has 0 aliphatic carbocycles. The van der Waals surface area contributed by atoms with E-state index in [1.54, 1.807) is 0 Å². The Bertz CT molecular complexity index is 284. The molecule has 1 aromatic rings. The van der Waals surface area contributed by atoms with Crippen molar-refractivity contribution in [3.63, 3.8) is 0 Å². The van der Waals surface area contributed by atoms with E-state index in [1.165, 1.54) is 17.8 Å². The fourth-order valence-electron chi connectivity index (χ4n) is 2.36. The van der Waals surface area contributed by atoms with Gasteiger partial charge in [0.25, 0.3) is 0 Å². The molecule has 1 fully saturated rings. The summed E-state index contributed by atoms with van der Waals surface area (Å²) in [7, 11) is 0. The third kappa shape index (κ3) is 2.41. The molecule has 15 heavy (non-hydrogen) atoms. The van der Waals surface area contributed by atoms with Gasteiger partial charge in [0, 0.05) is 36.6 Å². The predicted molar refractivity (Wildman–Crippen MR) is 66.4 cm³/mol. The van der Waals surface area contributed by atoms with E-state index in [2.05, 4.69) is 41.6 Å². The molecule has 2 unspecified atom stereocenters. The van der Waals surface area contributed by atoms with E-state index in [0.29, 0.717) is 12.1 Å². The number of rotatable bonds is 3. The van der Waals surface area contributed by atoms with Crippen LogP contribution >= 0.6 is 11.3 Å². The van der Waals surface area contributed by atoms with Crippen LogP contribution in [0.3, 0.4) is 0 Å². The molecule has 2 atom stereocenters. The number of nitrogens with zero attached hydrogens (tertiary/aromatic N) is 1. The molecule has 1 N–H and O–H groups in total. The van der Waals surface area contributed by atoms with Gasteiger partial charge in [0.15, 0.2) is 0 Å². The van der Waals surface area contributed by atoms with E-state index in [4.69, 9.17) is 0 Å². The molecule has 0 amide bonds. The van der Waals surface area contributed by atoms with Gasteiger partial charge < -0.3 is 5.32 Å². The van der Waals surface area contributed by atoms with Crippen LogP contribution in [0.4, 0.5) is 0 Å². The zero-order valence-corrected chi connectivity index (χ0v) is 10.4. The smallest absolute Gasteiger partial charge is 0.0417 e. The van der Waals surface area contributed by atoms with Crippen molar-refractivity contribution in [1.82, 2.24) is 10.2 Å². The van der Waals surface area contributed by atoms with E-state index in [9.17, 15) is 0 Å². The predicted octanol–water partition coefficient (Wildman–Crippen LogP) is 2.49. The van der Waals surface area contributed by atoms with Crippen molar-refractivity contribution in [3.05, 3.63) is 22.4 Å². The summed E-state index contributed by atoms with van der Waals surface area (Å²) < 4.78 is 0. The van der Waals surface area contributed by atoms with Crippen molar-refractivity contribution >= 4 is 11.3 Å². The van der Waals surface area contributed by atoms with Gasteiger partial charge in [-0.3, -0.25) is 4.90 Å². The molecule has 1 aromatic heterocycles. The van der Waals surface area contributed by atoms with Gasteiger partial charge in [-0.15, -0.1) is 11.3 Å². The van der Waals surface area contributed by atoms with Crippen molar-refractivity contribution in [3.8, 4) is 0 Å². The summed E-state index contributed by atoms with van der Waals surface area (Å²) in [6.07, 6.45) is 1.24. The van der Waals surface area contributed by atoms with Crippen molar-refractivity contribution in [2.75, 3.05) is 19.6 Å². The maximum Gasteiger partial charge on any atom is 0.0417 e. The summed E-state index contributed by atoms with van der Waals surface area (Å²) in [4.78, 5) is 4.14. The second kappa shape index (κ2) is 5.10. The van der Waals surface area contributed by atoms with Gasteiger partial charge in [-0.05, 0) is 24.8 Å². The van der Waals surface area contributed by atoms with Crippen LogP contribution in [0.1, 0.15) is 31.2 Å². The molecule has 1 saturated heterocycles. The van der Waals surface area contributed by atoms with Crippen molar-refractivity contribution in [1.29, 1.82) is 0 Å². The zero-order valence-electron chi connectivity index (χ0n) is 9.57. The Labute approximate surface area is 96.3 Å². The average Bonchev–Trinajstić information content (AvgIpc) is 2.81. The fourth-order valence-corrected chi connectivity index (χ4v) is 3.16. The van der Waals surface area contributed by atoms with Crippen molar-refractivity contribution < 1.29 is 0 Å². The first-order chi connectivity index (χ1) is 7.33. The largest absolute Gasteiger partial charge is 0.314 e. The Kier molecular flexibility index (Phi) is 3.78. The minimum atomic E-state index is 0.581. The molecule has 2 rings (SSSR count). The molecule has 0 radical (unpaired) electrons. The summed E-state index contributed by atoms with van der Waals surface area (Å²) in [5, 5.41) is 5.65.